The normalized spacial score (nSPS) is 16.0. The molecule has 28 heavy (non-hydrogen) atoms. The minimum absolute atomic E-state index is 0.0870. The largest absolute Gasteiger partial charge is 0.497 e. The van der Waals surface area contributed by atoms with Gasteiger partial charge in [-0.15, -0.1) is 11.8 Å². The Morgan fingerprint density at radius 1 is 1.29 bits per heavy atom. The fraction of sp³-hybridized carbons (Fsp3) is 0.150. The van der Waals surface area contributed by atoms with Crippen molar-refractivity contribution in [2.45, 2.75) is 5.25 Å². The standard InChI is InChI=1S/C20H17N3O4S/c1-27-15-4-2-3-13(9-15)18-16-10-21-23(19(16)22-17(24)11-28-18)14-7-5-12(6-8-14)20(25)26/h2-10,18H,11H2,1H3,(H,22,24)(H,25,26)/t18-/m0/s1. The van der Waals surface area contributed by atoms with Gasteiger partial charge in [-0.2, -0.15) is 5.10 Å². The van der Waals surface area contributed by atoms with Crippen LogP contribution in [-0.4, -0.2) is 39.6 Å². The molecule has 7 nitrogen and oxygen atoms in total. The summed E-state index contributed by atoms with van der Waals surface area (Å²) in [6.45, 7) is 0. The number of anilines is 1. The Hall–Kier alpha value is -3.26. The lowest BCUT2D eigenvalue weighted by molar-refractivity contribution is -0.113. The second kappa shape index (κ2) is 7.40. The molecule has 0 radical (unpaired) electrons. The summed E-state index contributed by atoms with van der Waals surface area (Å²) in [6, 6.07) is 14.1. The first kappa shape index (κ1) is 18.1. The highest BCUT2D eigenvalue weighted by Crippen LogP contribution is 2.42. The van der Waals surface area contributed by atoms with E-state index < -0.39 is 5.97 Å². The highest BCUT2D eigenvalue weighted by molar-refractivity contribution is 8.00. The molecule has 2 N–H and O–H groups in total. The average Bonchev–Trinajstić information content (AvgIpc) is 3.03. The number of hydrogen-bond acceptors (Lipinski definition) is 5. The number of carboxylic acids is 1. The quantitative estimate of drug-likeness (QED) is 0.704. The van der Waals surface area contributed by atoms with Gasteiger partial charge in [-0.1, -0.05) is 12.1 Å². The molecule has 0 aliphatic carbocycles. The van der Waals surface area contributed by atoms with Crippen molar-refractivity contribution in [1.82, 2.24) is 9.78 Å². The molecule has 1 aliphatic heterocycles. The number of carboxylic acid groups (broad SMARTS) is 1. The third-order valence-electron chi connectivity index (χ3n) is 4.47. The SMILES string of the molecule is COc1cccc([C@@H]2SCC(=O)Nc3c2cnn3-c2ccc(C(=O)O)cc2)c1. The van der Waals surface area contributed by atoms with Crippen molar-refractivity contribution < 1.29 is 19.4 Å². The summed E-state index contributed by atoms with van der Waals surface area (Å²) in [4.78, 5) is 23.4. The summed E-state index contributed by atoms with van der Waals surface area (Å²) in [6.07, 6.45) is 1.74. The van der Waals surface area contributed by atoms with Crippen LogP contribution in [0.1, 0.15) is 26.7 Å². The van der Waals surface area contributed by atoms with Crippen LogP contribution in [-0.2, 0) is 4.79 Å². The topological polar surface area (TPSA) is 93.5 Å². The maximum Gasteiger partial charge on any atom is 0.335 e. The first-order chi connectivity index (χ1) is 13.6. The lowest BCUT2D eigenvalue weighted by atomic mass is 10.1. The van der Waals surface area contributed by atoms with Crippen LogP contribution >= 0.6 is 11.8 Å². The van der Waals surface area contributed by atoms with Gasteiger partial charge in [0.2, 0.25) is 5.91 Å². The molecule has 0 bridgehead atoms. The zero-order valence-corrected chi connectivity index (χ0v) is 15.8. The van der Waals surface area contributed by atoms with Gasteiger partial charge < -0.3 is 15.2 Å². The van der Waals surface area contributed by atoms with E-state index in [9.17, 15) is 9.59 Å². The monoisotopic (exact) mass is 395 g/mol. The molecular formula is C20H17N3O4S. The van der Waals surface area contributed by atoms with E-state index in [2.05, 4.69) is 10.4 Å². The van der Waals surface area contributed by atoms with E-state index in [1.165, 1.54) is 23.9 Å². The van der Waals surface area contributed by atoms with Gasteiger partial charge in [-0.3, -0.25) is 4.79 Å². The van der Waals surface area contributed by atoms with Crippen LogP contribution in [0.2, 0.25) is 0 Å². The molecular weight excluding hydrogens is 378 g/mol. The number of rotatable bonds is 4. The number of amides is 1. The molecule has 0 fully saturated rings. The van der Waals surface area contributed by atoms with E-state index >= 15 is 0 Å². The van der Waals surface area contributed by atoms with Gasteiger partial charge in [0.15, 0.2) is 0 Å². The Balaban J connectivity index is 1.78. The summed E-state index contributed by atoms with van der Waals surface area (Å²) in [7, 11) is 1.62. The minimum atomic E-state index is -0.992. The summed E-state index contributed by atoms with van der Waals surface area (Å²) in [5, 5.41) is 16.4. The number of aromatic carboxylic acids is 1. The van der Waals surface area contributed by atoms with Gasteiger partial charge in [0.25, 0.3) is 0 Å². The fourth-order valence-electron chi connectivity index (χ4n) is 3.12. The fourth-order valence-corrected chi connectivity index (χ4v) is 4.20. The third-order valence-corrected chi connectivity index (χ3v) is 5.76. The minimum Gasteiger partial charge on any atom is -0.497 e. The van der Waals surface area contributed by atoms with Crippen LogP contribution in [0.15, 0.2) is 54.7 Å². The van der Waals surface area contributed by atoms with Gasteiger partial charge in [-0.25, -0.2) is 9.48 Å². The first-order valence-corrected chi connectivity index (χ1v) is 9.59. The highest BCUT2D eigenvalue weighted by atomic mass is 32.2. The van der Waals surface area contributed by atoms with E-state index in [0.717, 1.165) is 16.9 Å². The number of benzene rings is 2. The van der Waals surface area contributed by atoms with E-state index in [-0.39, 0.29) is 16.7 Å². The Morgan fingerprint density at radius 3 is 2.79 bits per heavy atom. The number of aromatic nitrogens is 2. The second-order valence-electron chi connectivity index (χ2n) is 6.23. The molecule has 3 aromatic rings. The number of carbonyl (C=O) groups excluding carboxylic acids is 1. The van der Waals surface area contributed by atoms with Crippen LogP contribution in [0.25, 0.3) is 5.69 Å². The van der Waals surface area contributed by atoms with Crippen LogP contribution < -0.4 is 10.1 Å². The zero-order chi connectivity index (χ0) is 19.7. The van der Waals surface area contributed by atoms with Crippen molar-refractivity contribution in [2.75, 3.05) is 18.2 Å². The lowest BCUT2D eigenvalue weighted by Gasteiger charge is -2.15. The molecule has 2 heterocycles. The predicted molar refractivity (Wildman–Crippen MR) is 106 cm³/mol. The van der Waals surface area contributed by atoms with E-state index in [4.69, 9.17) is 9.84 Å². The molecule has 1 atom stereocenters. The summed E-state index contributed by atoms with van der Waals surface area (Å²) in [5.41, 5.74) is 2.76. The smallest absolute Gasteiger partial charge is 0.335 e. The number of fused-ring (bicyclic) bond motifs is 1. The number of nitrogens with zero attached hydrogens (tertiary/aromatic N) is 2. The van der Waals surface area contributed by atoms with E-state index in [0.29, 0.717) is 17.3 Å². The zero-order valence-electron chi connectivity index (χ0n) is 15.0. The number of hydrogen-bond donors (Lipinski definition) is 2. The van der Waals surface area contributed by atoms with Gasteiger partial charge in [0, 0.05) is 5.56 Å². The molecule has 0 unspecified atom stereocenters. The van der Waals surface area contributed by atoms with Gasteiger partial charge >= 0.3 is 5.97 Å². The number of methoxy groups -OCH3 is 1. The van der Waals surface area contributed by atoms with E-state index in [1.54, 1.807) is 30.1 Å². The van der Waals surface area contributed by atoms with Crippen molar-refractivity contribution in [2.24, 2.45) is 0 Å². The van der Waals surface area contributed by atoms with E-state index in [1.807, 2.05) is 24.3 Å². The average molecular weight is 395 g/mol. The molecule has 1 aliphatic rings. The van der Waals surface area contributed by atoms with Crippen LogP contribution in [0, 0.1) is 0 Å². The molecule has 0 spiro atoms. The highest BCUT2D eigenvalue weighted by Gasteiger charge is 2.28. The number of thioether (sulfide) groups is 1. The maximum absolute atomic E-state index is 12.3. The molecule has 1 aromatic heterocycles. The Morgan fingerprint density at radius 2 is 2.07 bits per heavy atom. The molecule has 142 valence electrons. The maximum atomic E-state index is 12.3. The molecule has 4 rings (SSSR count). The van der Waals surface area contributed by atoms with Crippen molar-refractivity contribution in [1.29, 1.82) is 0 Å². The number of ether oxygens (including phenoxy) is 1. The Kier molecular flexibility index (Phi) is 4.79. The summed E-state index contributed by atoms with van der Waals surface area (Å²) in [5.74, 6) is 0.550. The molecule has 8 heteroatoms. The number of nitrogens with one attached hydrogen (secondary N) is 1. The Bertz CT molecular complexity index is 1050. The van der Waals surface area contributed by atoms with Crippen LogP contribution in [0.4, 0.5) is 5.82 Å². The van der Waals surface area contributed by atoms with Gasteiger partial charge in [-0.05, 0) is 42.0 Å². The van der Waals surface area contributed by atoms with Crippen molar-refractivity contribution in [3.63, 3.8) is 0 Å². The summed E-state index contributed by atoms with van der Waals surface area (Å²) < 4.78 is 6.95. The lowest BCUT2D eigenvalue weighted by Crippen LogP contribution is -2.15. The molecule has 2 aromatic carbocycles. The first-order valence-electron chi connectivity index (χ1n) is 8.54. The van der Waals surface area contributed by atoms with Crippen molar-refractivity contribution in [3.8, 4) is 11.4 Å². The third kappa shape index (κ3) is 3.34. The Labute approximate surface area is 165 Å². The van der Waals surface area contributed by atoms with Gasteiger partial charge in [0.1, 0.15) is 11.6 Å². The van der Waals surface area contributed by atoms with Gasteiger partial charge in [0.05, 0.1) is 35.6 Å². The van der Waals surface area contributed by atoms with Crippen molar-refractivity contribution in [3.05, 3.63) is 71.4 Å². The van der Waals surface area contributed by atoms with Crippen LogP contribution in [0.5, 0.6) is 5.75 Å². The molecule has 1 amide bonds. The molecule has 0 saturated heterocycles. The molecule has 0 saturated carbocycles. The van der Waals surface area contributed by atoms with Crippen LogP contribution in [0.3, 0.4) is 0 Å². The number of carbonyl (C=O) groups is 2. The van der Waals surface area contributed by atoms with Crippen molar-refractivity contribution >= 4 is 29.5 Å². The predicted octanol–water partition coefficient (Wildman–Crippen LogP) is 3.35. The summed E-state index contributed by atoms with van der Waals surface area (Å²) >= 11 is 1.52. The second-order valence-corrected chi connectivity index (χ2v) is 7.32.